The molecule has 3 nitrogen and oxygen atoms in total. The lowest BCUT2D eigenvalue weighted by atomic mass is 10.2. The van der Waals surface area contributed by atoms with Gasteiger partial charge in [0.15, 0.2) is 0 Å². The Morgan fingerprint density at radius 3 is 2.74 bits per heavy atom. The zero-order chi connectivity index (χ0) is 13.8. The molecule has 1 N–H and O–H groups in total. The third-order valence-electron chi connectivity index (χ3n) is 2.61. The molecule has 0 aliphatic heterocycles. The first-order chi connectivity index (χ1) is 9.10. The van der Waals surface area contributed by atoms with Crippen molar-refractivity contribution in [2.75, 3.05) is 0 Å². The van der Waals surface area contributed by atoms with Crippen LogP contribution >= 0.6 is 11.6 Å². The molecule has 0 spiro atoms. The van der Waals surface area contributed by atoms with Gasteiger partial charge in [-0.05, 0) is 36.8 Å². The van der Waals surface area contributed by atoms with Crippen molar-refractivity contribution in [2.24, 2.45) is 0 Å². The Morgan fingerprint density at radius 1 is 1.37 bits per heavy atom. The molecular formula is C14H13ClFNO2. The number of aliphatic hydroxyl groups excluding tert-OH is 1. The number of halogens is 2. The Bertz CT molecular complexity index is 560. The monoisotopic (exact) mass is 281 g/mol. The van der Waals surface area contributed by atoms with E-state index in [2.05, 4.69) is 4.98 Å². The molecule has 5 heteroatoms. The van der Waals surface area contributed by atoms with E-state index in [-0.39, 0.29) is 5.02 Å². The van der Waals surface area contributed by atoms with Gasteiger partial charge in [-0.2, -0.15) is 0 Å². The van der Waals surface area contributed by atoms with E-state index < -0.39 is 11.9 Å². The van der Waals surface area contributed by atoms with E-state index in [1.165, 1.54) is 24.4 Å². The van der Waals surface area contributed by atoms with E-state index in [1.807, 2.05) is 6.92 Å². The summed E-state index contributed by atoms with van der Waals surface area (Å²) in [6.07, 6.45) is 1.51. The van der Waals surface area contributed by atoms with Crippen molar-refractivity contribution < 1.29 is 14.2 Å². The molecule has 2 rings (SSSR count). The summed E-state index contributed by atoms with van der Waals surface area (Å²) in [5.41, 5.74) is 0.583. The highest BCUT2D eigenvalue weighted by molar-refractivity contribution is 6.32. The van der Waals surface area contributed by atoms with Crippen LogP contribution in [-0.4, -0.2) is 10.1 Å². The van der Waals surface area contributed by atoms with Gasteiger partial charge in [0.1, 0.15) is 17.3 Å². The van der Waals surface area contributed by atoms with Crippen LogP contribution in [0.15, 0.2) is 36.5 Å². The van der Waals surface area contributed by atoms with Crippen LogP contribution in [0.4, 0.5) is 4.39 Å². The number of benzene rings is 1. The van der Waals surface area contributed by atoms with Crippen LogP contribution in [0.5, 0.6) is 11.5 Å². The highest BCUT2D eigenvalue weighted by atomic mass is 35.5. The molecule has 100 valence electrons. The van der Waals surface area contributed by atoms with Crippen LogP contribution in [-0.2, 0) is 0 Å². The third kappa shape index (κ3) is 3.43. The molecule has 0 aliphatic rings. The van der Waals surface area contributed by atoms with Crippen LogP contribution in [0.1, 0.15) is 25.1 Å². The SMILES string of the molecule is CC[C@H](O)c1ccc(Oc2ccc(F)cc2Cl)cn1. The highest BCUT2D eigenvalue weighted by Crippen LogP contribution is 2.29. The molecule has 0 saturated carbocycles. The quantitative estimate of drug-likeness (QED) is 0.917. The number of pyridine rings is 1. The number of rotatable bonds is 4. The zero-order valence-corrected chi connectivity index (χ0v) is 11.1. The van der Waals surface area contributed by atoms with Crippen molar-refractivity contribution >= 4 is 11.6 Å². The first kappa shape index (κ1) is 13.8. The maximum Gasteiger partial charge on any atom is 0.146 e. The molecule has 0 fully saturated rings. The number of hydrogen-bond acceptors (Lipinski definition) is 3. The number of aromatic nitrogens is 1. The van der Waals surface area contributed by atoms with E-state index in [1.54, 1.807) is 12.1 Å². The first-order valence-corrected chi connectivity index (χ1v) is 6.25. The normalized spacial score (nSPS) is 12.2. The standard InChI is InChI=1S/C14H13ClFNO2/c1-2-13(18)12-5-4-10(8-17-12)19-14-6-3-9(16)7-11(14)15/h3-8,13,18H,2H2,1H3/t13-/m0/s1. The number of hydrogen-bond donors (Lipinski definition) is 1. The second-order valence-corrected chi connectivity index (χ2v) is 4.43. The van der Waals surface area contributed by atoms with Crippen molar-refractivity contribution in [3.8, 4) is 11.5 Å². The van der Waals surface area contributed by atoms with Gasteiger partial charge in [-0.15, -0.1) is 0 Å². The average molecular weight is 282 g/mol. The molecular weight excluding hydrogens is 269 g/mol. The molecule has 0 aliphatic carbocycles. The van der Waals surface area contributed by atoms with Crippen molar-refractivity contribution in [3.63, 3.8) is 0 Å². The molecule has 1 aromatic heterocycles. The number of nitrogens with zero attached hydrogens (tertiary/aromatic N) is 1. The smallest absolute Gasteiger partial charge is 0.146 e. The summed E-state index contributed by atoms with van der Waals surface area (Å²) in [5.74, 6) is 0.408. The maximum absolute atomic E-state index is 12.9. The summed E-state index contributed by atoms with van der Waals surface area (Å²) in [7, 11) is 0. The van der Waals surface area contributed by atoms with Crippen LogP contribution in [0, 0.1) is 5.82 Å². The van der Waals surface area contributed by atoms with Crippen LogP contribution in [0.3, 0.4) is 0 Å². The molecule has 1 aromatic carbocycles. The van der Waals surface area contributed by atoms with Gasteiger partial charge < -0.3 is 9.84 Å². The molecule has 2 aromatic rings. The topological polar surface area (TPSA) is 42.4 Å². The molecule has 1 atom stereocenters. The van der Waals surface area contributed by atoms with Crippen LogP contribution in [0.25, 0.3) is 0 Å². The summed E-state index contributed by atoms with van der Waals surface area (Å²) in [6, 6.07) is 7.26. The predicted molar refractivity (Wildman–Crippen MR) is 71.0 cm³/mol. The van der Waals surface area contributed by atoms with Gasteiger partial charge in [0.2, 0.25) is 0 Å². The van der Waals surface area contributed by atoms with E-state index >= 15 is 0 Å². The summed E-state index contributed by atoms with van der Waals surface area (Å²) in [5, 5.41) is 9.81. The number of ether oxygens (including phenoxy) is 1. The van der Waals surface area contributed by atoms with Crippen molar-refractivity contribution in [1.82, 2.24) is 4.98 Å². The summed E-state index contributed by atoms with van der Waals surface area (Å²) in [4.78, 5) is 4.10. The lowest BCUT2D eigenvalue weighted by Crippen LogP contribution is -1.98. The van der Waals surface area contributed by atoms with E-state index in [0.717, 1.165) is 0 Å². The second kappa shape index (κ2) is 5.99. The summed E-state index contributed by atoms with van der Waals surface area (Å²) >= 11 is 5.86. The molecule has 0 bridgehead atoms. The predicted octanol–water partition coefficient (Wildman–Crippen LogP) is 4.11. The van der Waals surface area contributed by atoms with Crippen molar-refractivity contribution in [2.45, 2.75) is 19.4 Å². The minimum atomic E-state index is -0.580. The second-order valence-electron chi connectivity index (χ2n) is 4.02. The van der Waals surface area contributed by atoms with Gasteiger partial charge in [-0.3, -0.25) is 4.98 Å². The van der Waals surface area contributed by atoms with Gasteiger partial charge in [-0.25, -0.2) is 4.39 Å². The zero-order valence-electron chi connectivity index (χ0n) is 10.3. The first-order valence-electron chi connectivity index (χ1n) is 5.87. The van der Waals surface area contributed by atoms with Crippen molar-refractivity contribution in [1.29, 1.82) is 0 Å². The molecule has 0 radical (unpaired) electrons. The van der Waals surface area contributed by atoms with Gasteiger partial charge >= 0.3 is 0 Å². The van der Waals surface area contributed by atoms with E-state index in [0.29, 0.717) is 23.6 Å². The third-order valence-corrected chi connectivity index (χ3v) is 2.90. The molecule has 19 heavy (non-hydrogen) atoms. The molecule has 0 amide bonds. The minimum Gasteiger partial charge on any atom is -0.454 e. The van der Waals surface area contributed by atoms with E-state index in [4.69, 9.17) is 16.3 Å². The Labute approximate surface area is 115 Å². The Balaban J connectivity index is 2.15. The lowest BCUT2D eigenvalue weighted by Gasteiger charge is -2.10. The number of aliphatic hydroxyl groups is 1. The maximum atomic E-state index is 12.9. The minimum absolute atomic E-state index is 0.192. The van der Waals surface area contributed by atoms with Crippen LogP contribution < -0.4 is 4.74 Å². The van der Waals surface area contributed by atoms with Gasteiger partial charge in [0.25, 0.3) is 0 Å². The fourth-order valence-electron chi connectivity index (χ4n) is 1.54. The molecule has 1 heterocycles. The van der Waals surface area contributed by atoms with E-state index in [9.17, 15) is 9.50 Å². The van der Waals surface area contributed by atoms with Gasteiger partial charge in [0.05, 0.1) is 23.0 Å². The van der Waals surface area contributed by atoms with Crippen LogP contribution in [0.2, 0.25) is 5.02 Å². The largest absolute Gasteiger partial charge is 0.454 e. The molecule has 0 saturated heterocycles. The van der Waals surface area contributed by atoms with Gasteiger partial charge in [0, 0.05) is 0 Å². The Morgan fingerprint density at radius 2 is 2.16 bits per heavy atom. The summed E-state index contributed by atoms with van der Waals surface area (Å²) < 4.78 is 18.4. The van der Waals surface area contributed by atoms with Gasteiger partial charge in [-0.1, -0.05) is 18.5 Å². The fraction of sp³-hybridized carbons (Fsp3) is 0.214. The lowest BCUT2D eigenvalue weighted by molar-refractivity contribution is 0.169. The average Bonchev–Trinajstić information content (AvgIpc) is 2.42. The molecule has 0 unspecified atom stereocenters. The highest BCUT2D eigenvalue weighted by Gasteiger charge is 2.08. The fourth-order valence-corrected chi connectivity index (χ4v) is 1.75. The Hall–Kier alpha value is -1.65. The summed E-state index contributed by atoms with van der Waals surface area (Å²) in [6.45, 7) is 1.87. The Kier molecular flexibility index (Phi) is 4.35. The van der Waals surface area contributed by atoms with Crippen molar-refractivity contribution in [3.05, 3.63) is 53.1 Å².